The van der Waals surface area contributed by atoms with E-state index in [1.807, 2.05) is 19.1 Å². The molecule has 0 aromatic rings. The molecule has 25 heavy (non-hydrogen) atoms. The molecule has 0 rings (SSSR count). The van der Waals surface area contributed by atoms with E-state index in [9.17, 15) is 5.26 Å². The van der Waals surface area contributed by atoms with E-state index in [2.05, 4.69) is 53.2 Å². The van der Waals surface area contributed by atoms with Crippen LogP contribution in [0.1, 0.15) is 53.4 Å². The maximum absolute atomic E-state index is 9.63. The van der Waals surface area contributed by atoms with Crippen LogP contribution in [-0.2, 0) is 0 Å². The molecule has 0 bridgehead atoms. The Morgan fingerprint density at radius 3 is 2.16 bits per heavy atom. The fraction of sp³-hybridized carbons (Fsp3) is 0.375. The van der Waals surface area contributed by atoms with Crippen LogP contribution < -0.4 is 0 Å². The van der Waals surface area contributed by atoms with E-state index in [-0.39, 0.29) is 0 Å². The minimum Gasteiger partial charge on any atom is -0.192 e. The van der Waals surface area contributed by atoms with Crippen molar-refractivity contribution < 1.29 is 0 Å². The molecule has 0 heterocycles. The molecule has 0 radical (unpaired) electrons. The highest BCUT2D eigenvalue weighted by atomic mass is 14.3. The average molecular weight is 336 g/mol. The van der Waals surface area contributed by atoms with Crippen LogP contribution in [0.25, 0.3) is 0 Å². The van der Waals surface area contributed by atoms with E-state index in [0.717, 1.165) is 48.0 Å². The lowest BCUT2D eigenvalue weighted by Gasteiger charge is -2.15. The molecule has 0 N–H and O–H groups in total. The van der Waals surface area contributed by atoms with Gasteiger partial charge in [0.15, 0.2) is 0 Å². The third kappa shape index (κ3) is 7.86. The van der Waals surface area contributed by atoms with Gasteiger partial charge in [0.25, 0.3) is 0 Å². The quantitative estimate of drug-likeness (QED) is 0.219. The fourth-order valence-electron chi connectivity index (χ4n) is 2.75. The van der Waals surface area contributed by atoms with Crippen LogP contribution in [0.15, 0.2) is 84.1 Å². The van der Waals surface area contributed by atoms with Crippen molar-refractivity contribution in [3.63, 3.8) is 0 Å². The zero-order chi connectivity index (χ0) is 19.4. The molecule has 0 aliphatic heterocycles. The Bertz CT molecular complexity index is 644. The van der Waals surface area contributed by atoms with Gasteiger partial charge in [-0.15, -0.1) is 6.58 Å². The summed E-state index contributed by atoms with van der Waals surface area (Å²) in [4.78, 5) is 0. The summed E-state index contributed by atoms with van der Waals surface area (Å²) in [7, 11) is 0. The van der Waals surface area contributed by atoms with Crippen molar-refractivity contribution in [2.24, 2.45) is 5.92 Å². The molecule has 0 aromatic heterocycles. The van der Waals surface area contributed by atoms with Gasteiger partial charge in [0.1, 0.15) is 0 Å². The summed E-state index contributed by atoms with van der Waals surface area (Å²) in [6.07, 6.45) is 11.3. The van der Waals surface area contributed by atoms with Gasteiger partial charge in [0.05, 0.1) is 11.6 Å². The van der Waals surface area contributed by atoms with Gasteiger partial charge in [-0.1, -0.05) is 57.4 Å². The summed E-state index contributed by atoms with van der Waals surface area (Å²) >= 11 is 0. The van der Waals surface area contributed by atoms with Gasteiger partial charge < -0.3 is 0 Å². The molecule has 0 saturated carbocycles. The first-order chi connectivity index (χ1) is 11.8. The average Bonchev–Trinajstić information content (AvgIpc) is 2.59. The normalized spacial score (nSPS) is 14.2. The Labute approximate surface area is 155 Å². The van der Waals surface area contributed by atoms with E-state index < -0.39 is 0 Å². The van der Waals surface area contributed by atoms with Gasteiger partial charge in [0, 0.05) is 0 Å². The molecule has 0 saturated heterocycles. The van der Waals surface area contributed by atoms with Crippen LogP contribution in [0.5, 0.6) is 0 Å². The Kier molecular flexibility index (Phi) is 11.0. The van der Waals surface area contributed by atoms with E-state index in [0.29, 0.717) is 11.5 Å². The number of rotatable bonds is 11. The van der Waals surface area contributed by atoms with E-state index in [4.69, 9.17) is 0 Å². The summed E-state index contributed by atoms with van der Waals surface area (Å²) in [5.41, 5.74) is 5.82. The first-order valence-electron chi connectivity index (χ1n) is 8.93. The molecule has 0 fully saturated rings. The second-order valence-electron chi connectivity index (χ2n) is 6.52. The molecule has 0 aromatic carbocycles. The third-order valence-corrected chi connectivity index (χ3v) is 4.27. The molecular weight excluding hydrogens is 302 g/mol. The number of nitrogens with zero attached hydrogens (tertiary/aromatic N) is 1. The van der Waals surface area contributed by atoms with E-state index in [1.54, 1.807) is 12.2 Å². The second kappa shape index (κ2) is 12.1. The monoisotopic (exact) mass is 335 g/mol. The van der Waals surface area contributed by atoms with Crippen LogP contribution in [0.4, 0.5) is 0 Å². The SMILES string of the molecule is C=C\C(=C/C(C#N)=C(CC)/C(C=C)=C/C)C(=C)CC(C)CCC(=C)C. The smallest absolute Gasteiger partial charge is 0.0994 e. The molecule has 1 heteroatoms. The summed E-state index contributed by atoms with van der Waals surface area (Å²) in [5, 5.41) is 9.63. The van der Waals surface area contributed by atoms with Crippen molar-refractivity contribution in [1.29, 1.82) is 5.26 Å². The van der Waals surface area contributed by atoms with Crippen LogP contribution in [0.3, 0.4) is 0 Å². The highest BCUT2D eigenvalue weighted by Crippen LogP contribution is 2.26. The van der Waals surface area contributed by atoms with Gasteiger partial charge in [-0.2, -0.15) is 5.26 Å². The number of allylic oxidation sites excluding steroid dienone is 10. The molecule has 1 atom stereocenters. The van der Waals surface area contributed by atoms with Crippen LogP contribution in [0, 0.1) is 17.2 Å². The fourth-order valence-corrected chi connectivity index (χ4v) is 2.75. The van der Waals surface area contributed by atoms with Gasteiger partial charge in [-0.25, -0.2) is 0 Å². The molecule has 0 aliphatic rings. The van der Waals surface area contributed by atoms with Gasteiger partial charge >= 0.3 is 0 Å². The van der Waals surface area contributed by atoms with E-state index in [1.165, 1.54) is 5.57 Å². The Morgan fingerprint density at radius 2 is 1.76 bits per heavy atom. The maximum Gasteiger partial charge on any atom is 0.0994 e. The molecule has 0 amide bonds. The molecule has 134 valence electrons. The molecule has 1 nitrogen and oxygen atoms in total. The van der Waals surface area contributed by atoms with Crippen LogP contribution >= 0.6 is 0 Å². The summed E-state index contributed by atoms with van der Waals surface area (Å²) in [6.45, 7) is 24.2. The Balaban J connectivity index is 5.57. The first-order valence-corrected chi connectivity index (χ1v) is 8.93. The van der Waals surface area contributed by atoms with Gasteiger partial charge in [-0.3, -0.25) is 0 Å². The summed E-state index contributed by atoms with van der Waals surface area (Å²) in [5.74, 6) is 0.520. The number of hydrogen-bond acceptors (Lipinski definition) is 1. The van der Waals surface area contributed by atoms with E-state index >= 15 is 0 Å². The van der Waals surface area contributed by atoms with Crippen molar-refractivity contribution in [2.75, 3.05) is 0 Å². The largest absolute Gasteiger partial charge is 0.192 e. The standard InChI is InChI=1S/C24H33N/c1-9-21(10-2)24(12-4)23(17-25)16-22(11-3)20(8)15-19(7)14-13-18(5)6/h9-11,16,19H,1,3,5,8,12-15H2,2,4,6-7H3/b21-10+,22-16+,24-23-. The maximum atomic E-state index is 9.63. The number of nitriles is 1. The topological polar surface area (TPSA) is 23.8 Å². The van der Waals surface area contributed by atoms with Gasteiger partial charge in [-0.05, 0) is 73.8 Å². The van der Waals surface area contributed by atoms with Crippen molar-refractivity contribution in [1.82, 2.24) is 0 Å². The minimum absolute atomic E-state index is 0.520. The molecule has 1 unspecified atom stereocenters. The second-order valence-corrected chi connectivity index (χ2v) is 6.52. The lowest BCUT2D eigenvalue weighted by atomic mass is 9.90. The van der Waals surface area contributed by atoms with Crippen LogP contribution in [-0.4, -0.2) is 0 Å². The lowest BCUT2D eigenvalue weighted by Crippen LogP contribution is -1.99. The highest BCUT2D eigenvalue weighted by molar-refractivity contribution is 5.54. The van der Waals surface area contributed by atoms with Crippen molar-refractivity contribution in [3.05, 3.63) is 84.1 Å². The molecule has 0 spiro atoms. The predicted octanol–water partition coefficient (Wildman–Crippen LogP) is 7.40. The zero-order valence-corrected chi connectivity index (χ0v) is 16.5. The van der Waals surface area contributed by atoms with Gasteiger partial charge in [0.2, 0.25) is 0 Å². The van der Waals surface area contributed by atoms with Crippen molar-refractivity contribution in [2.45, 2.75) is 53.4 Å². The van der Waals surface area contributed by atoms with Crippen molar-refractivity contribution >= 4 is 0 Å². The third-order valence-electron chi connectivity index (χ3n) is 4.27. The lowest BCUT2D eigenvalue weighted by molar-refractivity contribution is 0.530. The molecule has 0 aliphatic carbocycles. The predicted molar refractivity (Wildman–Crippen MR) is 112 cm³/mol. The Morgan fingerprint density at radius 1 is 1.16 bits per heavy atom. The summed E-state index contributed by atoms with van der Waals surface area (Å²) < 4.78 is 0. The molecular formula is C24H33N. The zero-order valence-electron chi connectivity index (χ0n) is 16.5. The highest BCUT2D eigenvalue weighted by Gasteiger charge is 2.10. The minimum atomic E-state index is 0.520. The summed E-state index contributed by atoms with van der Waals surface area (Å²) in [6, 6.07) is 2.33. The van der Waals surface area contributed by atoms with Crippen molar-refractivity contribution in [3.8, 4) is 6.07 Å². The Hall–Kier alpha value is -2.33. The number of hydrogen-bond donors (Lipinski definition) is 0. The van der Waals surface area contributed by atoms with Crippen LogP contribution in [0.2, 0.25) is 0 Å². The first kappa shape index (κ1) is 22.7.